The summed E-state index contributed by atoms with van der Waals surface area (Å²) in [4.78, 5) is 26.9. The third-order valence-corrected chi connectivity index (χ3v) is 4.77. The lowest BCUT2D eigenvalue weighted by atomic mass is 9.94. The van der Waals surface area contributed by atoms with Gasteiger partial charge >= 0.3 is 0 Å². The first-order chi connectivity index (χ1) is 11.6. The van der Waals surface area contributed by atoms with E-state index in [2.05, 4.69) is 0 Å². The number of carbonyl (C=O) groups is 2. The van der Waals surface area contributed by atoms with Crippen molar-refractivity contribution in [3.05, 3.63) is 81.3 Å². The molecule has 0 fully saturated rings. The Hall–Kier alpha value is -2.36. The Balaban J connectivity index is 1.83. The SMILES string of the molecule is O=C1c2cccc3c(Cl)ccc(c23)C(=O)N1Cc1ccc(Cl)cc1. The van der Waals surface area contributed by atoms with Crippen LogP contribution in [0.3, 0.4) is 0 Å². The molecule has 0 N–H and O–H groups in total. The highest BCUT2D eigenvalue weighted by atomic mass is 35.5. The fourth-order valence-electron chi connectivity index (χ4n) is 3.03. The molecule has 3 nitrogen and oxygen atoms in total. The largest absolute Gasteiger partial charge is 0.270 e. The van der Waals surface area contributed by atoms with Gasteiger partial charge in [-0.05, 0) is 35.9 Å². The predicted octanol–water partition coefficient (Wildman–Crippen LogP) is 4.94. The average molecular weight is 356 g/mol. The number of benzene rings is 3. The van der Waals surface area contributed by atoms with Crippen molar-refractivity contribution in [2.45, 2.75) is 6.54 Å². The highest BCUT2D eigenvalue weighted by molar-refractivity contribution is 6.38. The lowest BCUT2D eigenvalue weighted by Gasteiger charge is -2.27. The van der Waals surface area contributed by atoms with Crippen LogP contribution in [0, 0.1) is 0 Å². The zero-order valence-electron chi connectivity index (χ0n) is 12.4. The fraction of sp³-hybridized carbons (Fsp3) is 0.0526. The molecule has 0 aliphatic carbocycles. The smallest absolute Gasteiger partial charge is 0.261 e. The van der Waals surface area contributed by atoms with Crippen molar-refractivity contribution in [3.63, 3.8) is 0 Å². The second-order valence-corrected chi connectivity index (χ2v) is 6.49. The number of nitrogens with zero attached hydrogens (tertiary/aromatic N) is 1. The summed E-state index contributed by atoms with van der Waals surface area (Å²) in [5, 5.41) is 2.49. The predicted molar refractivity (Wildman–Crippen MR) is 94.6 cm³/mol. The lowest BCUT2D eigenvalue weighted by Crippen LogP contribution is -2.39. The van der Waals surface area contributed by atoms with Gasteiger partial charge in [-0.2, -0.15) is 0 Å². The van der Waals surface area contributed by atoms with E-state index in [4.69, 9.17) is 23.2 Å². The van der Waals surface area contributed by atoms with Crippen LogP contribution in [0.1, 0.15) is 26.3 Å². The van der Waals surface area contributed by atoms with Gasteiger partial charge in [0.2, 0.25) is 0 Å². The molecule has 0 spiro atoms. The van der Waals surface area contributed by atoms with Gasteiger partial charge in [0.05, 0.1) is 6.54 Å². The molecule has 0 saturated heterocycles. The fourth-order valence-corrected chi connectivity index (χ4v) is 3.37. The molecule has 3 aromatic carbocycles. The minimum absolute atomic E-state index is 0.202. The molecule has 0 atom stereocenters. The van der Waals surface area contributed by atoms with Crippen LogP contribution in [0.5, 0.6) is 0 Å². The Labute approximate surface area is 148 Å². The van der Waals surface area contributed by atoms with E-state index in [0.717, 1.165) is 10.9 Å². The molecule has 118 valence electrons. The minimum atomic E-state index is -0.310. The number of halogens is 2. The van der Waals surface area contributed by atoms with Crippen molar-refractivity contribution in [3.8, 4) is 0 Å². The summed E-state index contributed by atoms with van der Waals surface area (Å²) in [6, 6.07) is 15.8. The van der Waals surface area contributed by atoms with E-state index in [1.807, 2.05) is 6.07 Å². The van der Waals surface area contributed by atoms with Crippen molar-refractivity contribution in [2.24, 2.45) is 0 Å². The Bertz CT molecular complexity index is 974. The number of hydrogen-bond donors (Lipinski definition) is 0. The van der Waals surface area contributed by atoms with E-state index in [1.54, 1.807) is 48.5 Å². The Morgan fingerprint density at radius 1 is 0.792 bits per heavy atom. The van der Waals surface area contributed by atoms with Crippen molar-refractivity contribution in [1.82, 2.24) is 4.90 Å². The summed E-state index contributed by atoms with van der Waals surface area (Å²) in [5.41, 5.74) is 1.84. The maximum Gasteiger partial charge on any atom is 0.261 e. The quantitative estimate of drug-likeness (QED) is 0.610. The molecule has 1 heterocycles. The summed E-state index contributed by atoms with van der Waals surface area (Å²) in [6.45, 7) is 0.202. The zero-order chi connectivity index (χ0) is 16.8. The summed E-state index contributed by atoms with van der Waals surface area (Å²) in [6.07, 6.45) is 0. The Morgan fingerprint density at radius 3 is 2.17 bits per heavy atom. The van der Waals surface area contributed by atoms with Gasteiger partial charge in [0.1, 0.15) is 0 Å². The third-order valence-electron chi connectivity index (χ3n) is 4.19. The van der Waals surface area contributed by atoms with Gasteiger partial charge in [0.15, 0.2) is 0 Å². The minimum Gasteiger partial charge on any atom is -0.270 e. The van der Waals surface area contributed by atoms with Crippen LogP contribution in [-0.2, 0) is 6.54 Å². The molecule has 0 aromatic heterocycles. The van der Waals surface area contributed by atoms with E-state index >= 15 is 0 Å². The van der Waals surface area contributed by atoms with Crippen molar-refractivity contribution >= 4 is 45.8 Å². The van der Waals surface area contributed by atoms with Crippen LogP contribution in [0.2, 0.25) is 10.0 Å². The summed E-state index contributed by atoms with van der Waals surface area (Å²) >= 11 is 12.1. The standard InChI is InChI=1S/C19H11Cl2NO2/c20-12-6-4-11(5-7-12)10-22-18(23)14-3-1-2-13-16(21)9-8-15(17(13)14)19(22)24/h1-9H,10H2. The van der Waals surface area contributed by atoms with Gasteiger partial charge in [0.25, 0.3) is 11.8 Å². The van der Waals surface area contributed by atoms with Crippen LogP contribution < -0.4 is 0 Å². The first kappa shape index (κ1) is 15.2. The van der Waals surface area contributed by atoms with Crippen LogP contribution >= 0.6 is 23.2 Å². The molecule has 1 aliphatic heterocycles. The molecule has 4 rings (SSSR count). The Morgan fingerprint density at radius 2 is 1.46 bits per heavy atom. The number of amides is 2. The van der Waals surface area contributed by atoms with Crippen LogP contribution in [0.4, 0.5) is 0 Å². The monoisotopic (exact) mass is 355 g/mol. The second kappa shape index (κ2) is 5.62. The molecule has 3 aromatic rings. The van der Waals surface area contributed by atoms with E-state index in [9.17, 15) is 9.59 Å². The molecule has 0 radical (unpaired) electrons. The van der Waals surface area contributed by atoms with Gasteiger partial charge in [-0.15, -0.1) is 0 Å². The maximum absolute atomic E-state index is 12.8. The van der Waals surface area contributed by atoms with Crippen molar-refractivity contribution in [2.75, 3.05) is 0 Å². The average Bonchev–Trinajstić information content (AvgIpc) is 2.59. The highest BCUT2D eigenvalue weighted by Gasteiger charge is 2.33. The molecule has 24 heavy (non-hydrogen) atoms. The van der Waals surface area contributed by atoms with Gasteiger partial charge in [-0.1, -0.05) is 47.5 Å². The second-order valence-electron chi connectivity index (χ2n) is 5.65. The number of imide groups is 1. The van der Waals surface area contributed by atoms with Crippen molar-refractivity contribution in [1.29, 1.82) is 0 Å². The van der Waals surface area contributed by atoms with Crippen LogP contribution in [0.25, 0.3) is 10.8 Å². The number of hydrogen-bond acceptors (Lipinski definition) is 2. The van der Waals surface area contributed by atoms with Gasteiger partial charge in [0, 0.05) is 31.9 Å². The first-order valence-corrected chi connectivity index (χ1v) is 8.14. The van der Waals surface area contributed by atoms with E-state index < -0.39 is 0 Å². The third kappa shape index (κ3) is 2.29. The number of carbonyl (C=O) groups excluding carboxylic acids is 2. The molecule has 1 aliphatic rings. The van der Waals surface area contributed by atoms with Gasteiger partial charge < -0.3 is 0 Å². The summed E-state index contributed by atoms with van der Waals surface area (Å²) in [5.74, 6) is -0.620. The molecular formula is C19H11Cl2NO2. The molecule has 0 saturated carbocycles. The molecular weight excluding hydrogens is 345 g/mol. The molecule has 0 unspecified atom stereocenters. The number of rotatable bonds is 2. The van der Waals surface area contributed by atoms with E-state index in [-0.39, 0.29) is 18.4 Å². The summed E-state index contributed by atoms with van der Waals surface area (Å²) < 4.78 is 0. The molecule has 5 heteroatoms. The lowest BCUT2D eigenvalue weighted by molar-refractivity contribution is 0.0598. The van der Waals surface area contributed by atoms with Crippen LogP contribution in [-0.4, -0.2) is 16.7 Å². The Kier molecular flexibility index (Phi) is 3.56. The topological polar surface area (TPSA) is 37.4 Å². The normalized spacial score (nSPS) is 13.7. The van der Waals surface area contributed by atoms with E-state index in [0.29, 0.717) is 26.6 Å². The summed E-state index contributed by atoms with van der Waals surface area (Å²) in [7, 11) is 0. The van der Waals surface area contributed by atoms with Crippen LogP contribution in [0.15, 0.2) is 54.6 Å². The van der Waals surface area contributed by atoms with E-state index in [1.165, 1.54) is 4.90 Å². The van der Waals surface area contributed by atoms with Gasteiger partial charge in [-0.25, -0.2) is 0 Å². The van der Waals surface area contributed by atoms with Crippen molar-refractivity contribution < 1.29 is 9.59 Å². The first-order valence-electron chi connectivity index (χ1n) is 7.38. The molecule has 0 bridgehead atoms. The molecule has 2 amide bonds. The maximum atomic E-state index is 12.8. The van der Waals surface area contributed by atoms with Gasteiger partial charge in [-0.3, -0.25) is 14.5 Å². The zero-order valence-corrected chi connectivity index (χ0v) is 13.9. The highest BCUT2D eigenvalue weighted by Crippen LogP contribution is 2.34.